The van der Waals surface area contributed by atoms with Gasteiger partial charge in [0.25, 0.3) is 5.91 Å². The van der Waals surface area contributed by atoms with E-state index in [1.807, 2.05) is 0 Å². The number of nitrogens with zero attached hydrogens (tertiary/aromatic N) is 1. The maximum absolute atomic E-state index is 13.0. The number of nitrogens with one attached hydrogen (secondary N) is 1. The Hall–Kier alpha value is -2.29. The summed E-state index contributed by atoms with van der Waals surface area (Å²) in [5.74, 6) is 0.276. The van der Waals surface area contributed by atoms with E-state index in [0.717, 1.165) is 0 Å². The first-order valence-electron chi connectivity index (χ1n) is 9.72. The number of carbonyl (C=O) groups is 1. The van der Waals surface area contributed by atoms with Gasteiger partial charge in [0.15, 0.2) is 6.10 Å². The molecule has 0 saturated carbocycles. The van der Waals surface area contributed by atoms with Crippen LogP contribution in [0, 0.1) is 0 Å². The number of halogens is 1. The van der Waals surface area contributed by atoms with Crippen LogP contribution >= 0.6 is 11.6 Å². The molecule has 0 heterocycles. The zero-order chi connectivity index (χ0) is 22.3. The Morgan fingerprint density at radius 2 is 1.83 bits per heavy atom. The maximum Gasteiger partial charge on any atom is 0.265 e. The highest BCUT2D eigenvalue weighted by molar-refractivity contribution is 7.89. The molecule has 164 valence electrons. The van der Waals surface area contributed by atoms with Crippen LogP contribution < -0.4 is 14.8 Å². The minimum atomic E-state index is -3.77. The molecule has 0 unspecified atom stereocenters. The Morgan fingerprint density at radius 1 is 1.13 bits per heavy atom. The normalized spacial score (nSPS) is 12.5. The van der Waals surface area contributed by atoms with E-state index in [0.29, 0.717) is 36.2 Å². The molecule has 1 atom stereocenters. The summed E-state index contributed by atoms with van der Waals surface area (Å²) in [5.41, 5.74) is 0.329. The number of rotatable bonds is 10. The minimum absolute atomic E-state index is 0.00858. The lowest BCUT2D eigenvalue weighted by Crippen LogP contribution is -2.32. The van der Waals surface area contributed by atoms with Crippen molar-refractivity contribution in [3.05, 3.63) is 47.5 Å². The quantitative estimate of drug-likeness (QED) is 0.582. The van der Waals surface area contributed by atoms with E-state index in [1.165, 1.54) is 16.4 Å². The van der Waals surface area contributed by atoms with Crippen molar-refractivity contribution in [2.75, 3.05) is 25.0 Å². The monoisotopic (exact) mass is 454 g/mol. The van der Waals surface area contributed by atoms with Gasteiger partial charge in [-0.2, -0.15) is 4.31 Å². The van der Waals surface area contributed by atoms with E-state index < -0.39 is 22.0 Å². The van der Waals surface area contributed by atoms with Gasteiger partial charge in [-0.15, -0.1) is 0 Å². The molecule has 1 amide bonds. The lowest BCUT2D eigenvalue weighted by atomic mass is 10.2. The first-order valence-corrected chi connectivity index (χ1v) is 11.5. The lowest BCUT2D eigenvalue weighted by molar-refractivity contribution is -0.122. The number of hydrogen-bond acceptors (Lipinski definition) is 5. The number of anilines is 1. The zero-order valence-corrected chi connectivity index (χ0v) is 19.1. The average Bonchev–Trinajstić information content (AvgIpc) is 2.70. The van der Waals surface area contributed by atoms with Crippen molar-refractivity contribution in [1.29, 1.82) is 0 Å². The molecule has 0 radical (unpaired) electrons. The van der Waals surface area contributed by atoms with Crippen LogP contribution in [0.5, 0.6) is 11.5 Å². The van der Waals surface area contributed by atoms with Crippen molar-refractivity contribution in [3.8, 4) is 11.5 Å². The standard InChI is InChI=1S/C21H27ClN2O5S/c1-5-24(6-2)30(26,27)20-14-17(11-12-19(20)28-7-3)23-21(25)15(4)29-18-10-8-9-16(22)13-18/h8-15H,5-7H2,1-4H3,(H,23,25)/t15-/m1/s1. The van der Waals surface area contributed by atoms with E-state index in [1.54, 1.807) is 58.0 Å². The second kappa shape index (κ2) is 10.7. The van der Waals surface area contributed by atoms with Crippen LogP contribution in [0.15, 0.2) is 47.4 Å². The van der Waals surface area contributed by atoms with Crippen molar-refractivity contribution < 1.29 is 22.7 Å². The second-order valence-corrected chi connectivity index (χ2v) is 8.73. The fraction of sp³-hybridized carbons (Fsp3) is 0.381. The van der Waals surface area contributed by atoms with Gasteiger partial charge >= 0.3 is 0 Å². The molecule has 0 bridgehead atoms. The highest BCUT2D eigenvalue weighted by atomic mass is 35.5. The molecular weight excluding hydrogens is 428 g/mol. The van der Waals surface area contributed by atoms with Gasteiger partial charge in [-0.25, -0.2) is 8.42 Å². The van der Waals surface area contributed by atoms with Crippen molar-refractivity contribution in [1.82, 2.24) is 4.31 Å². The summed E-state index contributed by atoms with van der Waals surface area (Å²) in [6.07, 6.45) is -0.821. The van der Waals surface area contributed by atoms with Gasteiger partial charge in [0.2, 0.25) is 10.0 Å². The largest absolute Gasteiger partial charge is 0.492 e. The summed E-state index contributed by atoms with van der Waals surface area (Å²) >= 11 is 5.93. The number of ether oxygens (including phenoxy) is 2. The fourth-order valence-electron chi connectivity index (χ4n) is 2.81. The number of benzene rings is 2. The van der Waals surface area contributed by atoms with Gasteiger partial charge in [0.05, 0.1) is 6.61 Å². The molecule has 2 rings (SSSR count). The zero-order valence-electron chi connectivity index (χ0n) is 17.5. The SMILES string of the molecule is CCOc1ccc(NC(=O)[C@@H](C)Oc2cccc(Cl)c2)cc1S(=O)(=O)N(CC)CC. The van der Waals surface area contributed by atoms with Gasteiger partial charge in [0, 0.05) is 23.8 Å². The number of amides is 1. The molecule has 2 aromatic carbocycles. The van der Waals surface area contributed by atoms with Crippen LogP contribution in [-0.4, -0.2) is 44.4 Å². The first kappa shape index (κ1) is 24.0. The predicted molar refractivity (Wildman–Crippen MR) is 118 cm³/mol. The number of sulfonamides is 1. The van der Waals surface area contributed by atoms with Crippen LogP contribution in [0.25, 0.3) is 0 Å². The summed E-state index contributed by atoms with van der Waals surface area (Å²) in [7, 11) is -3.77. The van der Waals surface area contributed by atoms with E-state index in [-0.39, 0.29) is 10.6 Å². The van der Waals surface area contributed by atoms with Gasteiger partial charge in [-0.1, -0.05) is 31.5 Å². The molecule has 2 aromatic rings. The highest BCUT2D eigenvalue weighted by Gasteiger charge is 2.27. The van der Waals surface area contributed by atoms with Crippen molar-refractivity contribution in [3.63, 3.8) is 0 Å². The van der Waals surface area contributed by atoms with E-state index in [9.17, 15) is 13.2 Å². The third-order valence-electron chi connectivity index (χ3n) is 4.31. The van der Waals surface area contributed by atoms with Crippen LogP contribution in [0.1, 0.15) is 27.7 Å². The average molecular weight is 455 g/mol. The molecule has 30 heavy (non-hydrogen) atoms. The van der Waals surface area contributed by atoms with Crippen LogP contribution in [0.4, 0.5) is 5.69 Å². The van der Waals surface area contributed by atoms with Gasteiger partial charge < -0.3 is 14.8 Å². The van der Waals surface area contributed by atoms with E-state index in [4.69, 9.17) is 21.1 Å². The van der Waals surface area contributed by atoms with Crippen molar-refractivity contribution >= 4 is 33.2 Å². The smallest absolute Gasteiger partial charge is 0.265 e. The summed E-state index contributed by atoms with van der Waals surface area (Å²) in [6.45, 7) is 7.87. The van der Waals surface area contributed by atoms with Crippen LogP contribution in [-0.2, 0) is 14.8 Å². The molecule has 0 fully saturated rings. The van der Waals surface area contributed by atoms with Gasteiger partial charge in [-0.05, 0) is 50.2 Å². The molecular formula is C21H27ClN2O5S. The number of hydrogen-bond donors (Lipinski definition) is 1. The Labute approximate surface area is 183 Å². The fourth-order valence-corrected chi connectivity index (χ4v) is 4.60. The third kappa shape index (κ3) is 5.87. The Kier molecular flexibility index (Phi) is 8.52. The molecule has 0 aliphatic rings. The van der Waals surface area contributed by atoms with E-state index in [2.05, 4.69) is 5.32 Å². The van der Waals surface area contributed by atoms with Gasteiger partial charge in [-0.3, -0.25) is 4.79 Å². The maximum atomic E-state index is 13.0. The van der Waals surface area contributed by atoms with Crippen LogP contribution in [0.2, 0.25) is 5.02 Å². The third-order valence-corrected chi connectivity index (χ3v) is 6.62. The Morgan fingerprint density at radius 3 is 2.43 bits per heavy atom. The van der Waals surface area contributed by atoms with Crippen molar-refractivity contribution in [2.24, 2.45) is 0 Å². The van der Waals surface area contributed by atoms with E-state index >= 15 is 0 Å². The molecule has 1 N–H and O–H groups in total. The summed E-state index contributed by atoms with van der Waals surface area (Å²) in [5, 5.41) is 3.20. The molecule has 9 heteroatoms. The van der Waals surface area contributed by atoms with Gasteiger partial charge in [0.1, 0.15) is 16.4 Å². The first-order chi connectivity index (χ1) is 14.2. The number of carbonyl (C=O) groups excluding carboxylic acids is 1. The summed E-state index contributed by atoms with van der Waals surface area (Å²) in [6, 6.07) is 11.3. The highest BCUT2D eigenvalue weighted by Crippen LogP contribution is 2.30. The summed E-state index contributed by atoms with van der Waals surface area (Å²) in [4.78, 5) is 12.6. The molecule has 0 aromatic heterocycles. The molecule has 0 saturated heterocycles. The predicted octanol–water partition coefficient (Wildman–Crippen LogP) is 4.18. The Balaban J connectivity index is 2.26. The second-order valence-electron chi connectivity index (χ2n) is 6.39. The van der Waals surface area contributed by atoms with Crippen molar-refractivity contribution in [2.45, 2.75) is 38.7 Å². The molecule has 0 spiro atoms. The summed E-state index contributed by atoms with van der Waals surface area (Å²) < 4.78 is 38.5. The van der Waals surface area contributed by atoms with Crippen LogP contribution in [0.3, 0.4) is 0 Å². The topological polar surface area (TPSA) is 84.9 Å². The molecule has 7 nitrogen and oxygen atoms in total. The molecule has 0 aliphatic heterocycles. The lowest BCUT2D eigenvalue weighted by Gasteiger charge is -2.21. The minimum Gasteiger partial charge on any atom is -0.492 e. The molecule has 0 aliphatic carbocycles. The Bertz CT molecular complexity index is 977.